The van der Waals surface area contributed by atoms with Crippen LogP contribution in [0.5, 0.6) is 0 Å². The molecular weight excluding hydrogens is 388 g/mol. The molecule has 0 saturated heterocycles. The minimum Gasteiger partial charge on any atom is -0.480 e. The van der Waals surface area contributed by atoms with Crippen LogP contribution in [0.1, 0.15) is 116 Å². The van der Waals surface area contributed by atoms with Gasteiger partial charge in [0.2, 0.25) is 0 Å². The van der Waals surface area contributed by atoms with Crippen LogP contribution in [-0.2, 0) is 9.59 Å². The van der Waals surface area contributed by atoms with Crippen molar-refractivity contribution < 1.29 is 19.8 Å². The minimum atomic E-state index is -1.02. The fourth-order valence-corrected chi connectivity index (χ4v) is 3.42. The first-order valence-corrected chi connectivity index (χ1v) is 11.3. The van der Waals surface area contributed by atoms with Crippen molar-refractivity contribution in [1.82, 2.24) is 5.32 Å². The first kappa shape index (κ1) is 34.5. The molecule has 0 spiro atoms. The van der Waals surface area contributed by atoms with Crippen molar-refractivity contribution in [2.75, 3.05) is 6.54 Å². The third-order valence-electron chi connectivity index (χ3n) is 5.14. The van der Waals surface area contributed by atoms with E-state index in [4.69, 9.17) is 10.2 Å². The molecule has 29 heavy (non-hydrogen) atoms. The SMILES string of the molecule is CCCCCCCCCCCCCCCCCCC(NCC(=O)O)C(=O)O.[Na].[Na]. The van der Waals surface area contributed by atoms with Gasteiger partial charge in [-0.05, 0) is 6.42 Å². The molecule has 0 bridgehead atoms. The summed E-state index contributed by atoms with van der Waals surface area (Å²) in [6.45, 7) is 1.97. The van der Waals surface area contributed by atoms with Crippen molar-refractivity contribution in [3.63, 3.8) is 0 Å². The van der Waals surface area contributed by atoms with Crippen LogP contribution in [-0.4, -0.2) is 93.9 Å². The monoisotopic (exact) mass is 431 g/mol. The summed E-state index contributed by atoms with van der Waals surface area (Å²) in [5, 5.41) is 20.2. The Hall–Kier alpha value is 0.900. The fraction of sp³-hybridized carbons (Fsp3) is 0.909. The number of rotatable bonds is 21. The molecule has 3 N–H and O–H groups in total. The number of aliphatic carboxylic acids is 2. The number of nitrogens with one attached hydrogen (secondary N) is 1. The molecule has 0 fully saturated rings. The Bertz CT molecular complexity index is 371. The summed E-state index contributed by atoms with van der Waals surface area (Å²) in [6, 6.07) is -0.743. The molecule has 0 heterocycles. The van der Waals surface area contributed by atoms with Crippen LogP contribution in [0.25, 0.3) is 0 Å². The molecule has 0 amide bonds. The Morgan fingerprint density at radius 2 is 1.00 bits per heavy atom. The molecule has 0 aromatic heterocycles. The van der Waals surface area contributed by atoms with Gasteiger partial charge in [0.05, 0.1) is 6.54 Å². The van der Waals surface area contributed by atoms with Gasteiger partial charge in [0.25, 0.3) is 0 Å². The quantitative estimate of drug-likeness (QED) is 0.176. The number of carboxylic acid groups (broad SMARTS) is 2. The van der Waals surface area contributed by atoms with Crippen molar-refractivity contribution in [1.29, 1.82) is 0 Å². The Balaban J connectivity index is -0.00000338. The van der Waals surface area contributed by atoms with E-state index in [1.54, 1.807) is 0 Å². The summed E-state index contributed by atoms with van der Waals surface area (Å²) in [6.07, 6.45) is 21.2. The smallest absolute Gasteiger partial charge is 0.320 e. The Morgan fingerprint density at radius 1 is 0.655 bits per heavy atom. The van der Waals surface area contributed by atoms with Gasteiger partial charge in [-0.1, -0.05) is 110 Å². The normalized spacial score (nSPS) is 11.3. The summed E-state index contributed by atoms with van der Waals surface area (Å²) >= 11 is 0. The third-order valence-corrected chi connectivity index (χ3v) is 5.14. The first-order valence-electron chi connectivity index (χ1n) is 11.3. The van der Waals surface area contributed by atoms with E-state index in [0.717, 1.165) is 19.3 Å². The topological polar surface area (TPSA) is 86.6 Å². The second-order valence-electron chi connectivity index (χ2n) is 7.76. The van der Waals surface area contributed by atoms with Gasteiger partial charge in [0.1, 0.15) is 6.04 Å². The summed E-state index contributed by atoms with van der Waals surface area (Å²) in [5.41, 5.74) is 0. The molecule has 1 atom stereocenters. The van der Waals surface area contributed by atoms with Crippen LogP contribution in [0, 0.1) is 0 Å². The second kappa shape index (κ2) is 26.9. The average Bonchev–Trinajstić information content (AvgIpc) is 2.63. The maximum absolute atomic E-state index is 11.0. The van der Waals surface area contributed by atoms with E-state index in [2.05, 4.69) is 12.2 Å². The summed E-state index contributed by atoms with van der Waals surface area (Å²) in [4.78, 5) is 21.5. The van der Waals surface area contributed by atoms with Crippen LogP contribution in [0.4, 0.5) is 0 Å². The number of carboxylic acids is 2. The Morgan fingerprint density at radius 3 is 1.31 bits per heavy atom. The van der Waals surface area contributed by atoms with Crippen LogP contribution >= 0.6 is 0 Å². The van der Waals surface area contributed by atoms with Gasteiger partial charge in [-0.3, -0.25) is 14.9 Å². The zero-order valence-corrected chi connectivity index (χ0v) is 23.5. The minimum absolute atomic E-state index is 0. The molecule has 0 aromatic carbocycles. The molecule has 7 heteroatoms. The predicted octanol–water partition coefficient (Wildman–Crippen LogP) is 5.00. The molecule has 0 rings (SSSR count). The van der Waals surface area contributed by atoms with Gasteiger partial charge >= 0.3 is 11.9 Å². The van der Waals surface area contributed by atoms with E-state index in [1.165, 1.54) is 83.5 Å². The molecule has 0 aliphatic heterocycles. The number of hydrogen-bond acceptors (Lipinski definition) is 3. The summed E-state index contributed by atoms with van der Waals surface area (Å²) in [5.74, 6) is -1.98. The van der Waals surface area contributed by atoms with E-state index in [9.17, 15) is 9.59 Å². The maximum atomic E-state index is 11.0. The van der Waals surface area contributed by atoms with Crippen LogP contribution in [0.15, 0.2) is 0 Å². The second-order valence-corrected chi connectivity index (χ2v) is 7.76. The van der Waals surface area contributed by atoms with Crippen molar-refractivity contribution >= 4 is 71.1 Å². The maximum Gasteiger partial charge on any atom is 0.320 e. The van der Waals surface area contributed by atoms with Gasteiger partial charge in [-0.2, -0.15) is 0 Å². The number of hydrogen-bond donors (Lipinski definition) is 3. The van der Waals surface area contributed by atoms with Crippen molar-refractivity contribution in [2.45, 2.75) is 122 Å². The average molecular weight is 432 g/mol. The molecule has 0 aromatic rings. The molecule has 0 aliphatic rings. The van der Waals surface area contributed by atoms with E-state index >= 15 is 0 Å². The summed E-state index contributed by atoms with van der Waals surface area (Å²) < 4.78 is 0. The van der Waals surface area contributed by atoms with Crippen LogP contribution < -0.4 is 5.32 Å². The van der Waals surface area contributed by atoms with E-state index in [-0.39, 0.29) is 65.7 Å². The third kappa shape index (κ3) is 26.9. The predicted molar refractivity (Wildman–Crippen MR) is 123 cm³/mol. The van der Waals surface area contributed by atoms with Crippen molar-refractivity contribution in [2.24, 2.45) is 0 Å². The van der Waals surface area contributed by atoms with Crippen LogP contribution in [0.3, 0.4) is 0 Å². The molecular formula is C22H43NNa2O4. The Kier molecular flexibility index (Phi) is 32.1. The van der Waals surface area contributed by atoms with E-state index in [0.29, 0.717) is 6.42 Å². The fourth-order valence-electron chi connectivity index (χ4n) is 3.42. The molecule has 1 unspecified atom stereocenters. The largest absolute Gasteiger partial charge is 0.480 e. The number of unbranched alkanes of at least 4 members (excludes halogenated alkanes) is 15. The molecule has 0 saturated carbocycles. The van der Waals surface area contributed by atoms with Crippen molar-refractivity contribution in [3.8, 4) is 0 Å². The zero-order valence-electron chi connectivity index (χ0n) is 19.5. The standard InChI is InChI=1S/C22H43NO4.2Na/c1-2-3-4-5-6-7-8-9-10-11-12-13-14-15-16-17-18-20(22(26)27)23-19-21(24)25;;/h20,23H,2-19H2,1H3,(H,24,25)(H,26,27);;. The van der Waals surface area contributed by atoms with Gasteiger partial charge in [-0.15, -0.1) is 0 Å². The molecule has 0 aliphatic carbocycles. The molecule has 2 radical (unpaired) electrons. The zero-order chi connectivity index (χ0) is 20.2. The van der Waals surface area contributed by atoms with Gasteiger partial charge in [0, 0.05) is 59.1 Å². The van der Waals surface area contributed by atoms with E-state index in [1.807, 2.05) is 0 Å². The molecule has 162 valence electrons. The Labute approximate surface area is 223 Å². The number of carbonyl (C=O) groups is 2. The molecule has 5 nitrogen and oxygen atoms in total. The van der Waals surface area contributed by atoms with Crippen molar-refractivity contribution in [3.05, 3.63) is 0 Å². The first-order chi connectivity index (χ1) is 13.1. The van der Waals surface area contributed by atoms with Gasteiger partial charge < -0.3 is 10.2 Å². The van der Waals surface area contributed by atoms with Crippen LogP contribution in [0.2, 0.25) is 0 Å². The van der Waals surface area contributed by atoms with Gasteiger partial charge in [-0.25, -0.2) is 0 Å². The van der Waals surface area contributed by atoms with E-state index < -0.39 is 18.0 Å². The van der Waals surface area contributed by atoms with Gasteiger partial charge in [0.15, 0.2) is 0 Å². The summed E-state index contributed by atoms with van der Waals surface area (Å²) in [7, 11) is 0.